The minimum atomic E-state index is -0.110. The highest BCUT2D eigenvalue weighted by atomic mass is 16.5. The number of ether oxygens (including phenoxy) is 1. The van der Waals surface area contributed by atoms with Gasteiger partial charge in [-0.25, -0.2) is 0 Å². The van der Waals surface area contributed by atoms with Crippen molar-refractivity contribution in [2.24, 2.45) is 0 Å². The number of rotatable bonds is 6. The van der Waals surface area contributed by atoms with Crippen molar-refractivity contribution < 1.29 is 14.3 Å². The molecule has 0 bridgehead atoms. The summed E-state index contributed by atoms with van der Waals surface area (Å²) in [5.41, 5.74) is 0.956. The first kappa shape index (κ1) is 19.8. The van der Waals surface area contributed by atoms with E-state index in [9.17, 15) is 9.59 Å². The Hall–Kier alpha value is -1.92. The first-order chi connectivity index (χ1) is 13.0. The van der Waals surface area contributed by atoms with Crippen molar-refractivity contribution >= 4 is 11.8 Å². The third-order valence-electron chi connectivity index (χ3n) is 5.31. The third kappa shape index (κ3) is 5.78. The van der Waals surface area contributed by atoms with E-state index in [-0.39, 0.29) is 36.6 Å². The highest BCUT2D eigenvalue weighted by Gasteiger charge is 2.32. The number of nitrogens with zero attached hydrogens (tertiary/aromatic N) is 2. The number of hydrogen-bond acceptors (Lipinski definition) is 4. The zero-order valence-electron chi connectivity index (χ0n) is 16.4. The number of hydrogen-bond donors (Lipinski definition) is 1. The number of carbonyl (C=O) groups excluding carboxylic acids is 2. The Labute approximate surface area is 161 Å². The fourth-order valence-electron chi connectivity index (χ4n) is 4.20. The van der Waals surface area contributed by atoms with Crippen molar-refractivity contribution in [1.82, 2.24) is 15.1 Å². The molecular formula is C21H31N3O3. The number of likely N-dealkylation sites (tertiary alicyclic amines) is 1. The Morgan fingerprint density at radius 3 is 2.56 bits per heavy atom. The molecule has 2 heterocycles. The first-order valence-electron chi connectivity index (χ1n) is 9.99. The van der Waals surface area contributed by atoms with E-state index in [1.54, 1.807) is 0 Å². The number of nitrogens with one attached hydrogen (secondary N) is 1. The molecule has 148 valence electrons. The van der Waals surface area contributed by atoms with E-state index in [0.29, 0.717) is 6.42 Å². The molecule has 3 atom stereocenters. The first-order valence-corrected chi connectivity index (χ1v) is 9.99. The van der Waals surface area contributed by atoms with Gasteiger partial charge in [-0.1, -0.05) is 30.3 Å². The van der Waals surface area contributed by atoms with E-state index < -0.39 is 0 Å². The summed E-state index contributed by atoms with van der Waals surface area (Å²) < 4.78 is 5.80. The highest BCUT2D eigenvalue weighted by molar-refractivity contribution is 5.86. The van der Waals surface area contributed by atoms with Crippen LogP contribution in [-0.2, 0) is 20.7 Å². The van der Waals surface area contributed by atoms with Gasteiger partial charge in [-0.05, 0) is 32.3 Å². The molecule has 0 spiro atoms. The second-order valence-electron chi connectivity index (χ2n) is 7.80. The summed E-state index contributed by atoms with van der Waals surface area (Å²) in [5, 5.41) is 2.78. The molecule has 2 amide bonds. The molecule has 1 aromatic rings. The molecular weight excluding hydrogens is 342 g/mol. The van der Waals surface area contributed by atoms with Gasteiger partial charge < -0.3 is 15.0 Å². The molecule has 0 saturated carbocycles. The average molecular weight is 373 g/mol. The molecule has 1 aromatic carbocycles. The SMILES string of the molecule is CC1CN(CC2CCCN2C(=O)CNC(=O)Cc2ccccc2)CC(C)O1. The molecule has 6 nitrogen and oxygen atoms in total. The van der Waals surface area contributed by atoms with Gasteiger partial charge in [0.05, 0.1) is 25.2 Å². The van der Waals surface area contributed by atoms with Crippen LogP contribution in [-0.4, -0.2) is 72.6 Å². The molecule has 2 saturated heterocycles. The van der Waals surface area contributed by atoms with Crippen LogP contribution in [0.4, 0.5) is 0 Å². The summed E-state index contributed by atoms with van der Waals surface area (Å²) in [6, 6.07) is 9.83. The molecule has 0 radical (unpaired) electrons. The zero-order valence-corrected chi connectivity index (χ0v) is 16.4. The summed E-state index contributed by atoms with van der Waals surface area (Å²) in [4.78, 5) is 29.1. The standard InChI is InChI=1S/C21H31N3O3/c1-16-13-23(14-17(2)27-16)15-19-9-6-10-24(19)21(26)12-22-20(25)11-18-7-4-3-5-8-18/h3-5,7-8,16-17,19H,6,9-15H2,1-2H3,(H,22,25). The summed E-state index contributed by atoms with van der Waals surface area (Å²) in [6.45, 7) is 7.78. The minimum absolute atomic E-state index is 0.0215. The van der Waals surface area contributed by atoms with E-state index in [2.05, 4.69) is 24.1 Å². The van der Waals surface area contributed by atoms with Gasteiger partial charge in [-0.3, -0.25) is 14.5 Å². The second kappa shape index (κ2) is 9.33. The van der Waals surface area contributed by atoms with E-state index in [1.807, 2.05) is 35.2 Å². The Morgan fingerprint density at radius 1 is 1.15 bits per heavy atom. The summed E-state index contributed by atoms with van der Waals surface area (Å²) in [6.07, 6.45) is 2.84. The fraction of sp³-hybridized carbons (Fsp3) is 0.619. The van der Waals surface area contributed by atoms with Crippen LogP contribution in [0.5, 0.6) is 0 Å². The Kier molecular flexibility index (Phi) is 6.85. The summed E-state index contributed by atoms with van der Waals surface area (Å²) >= 11 is 0. The van der Waals surface area contributed by atoms with Gasteiger partial charge in [-0.15, -0.1) is 0 Å². The third-order valence-corrected chi connectivity index (χ3v) is 5.31. The zero-order chi connectivity index (χ0) is 19.2. The molecule has 2 aliphatic heterocycles. The monoisotopic (exact) mass is 373 g/mol. The van der Waals surface area contributed by atoms with Crippen LogP contribution < -0.4 is 5.32 Å². The summed E-state index contributed by atoms with van der Waals surface area (Å²) in [5.74, 6) is -0.0885. The number of morpholine rings is 1. The maximum atomic E-state index is 12.7. The minimum Gasteiger partial charge on any atom is -0.373 e. The Bertz CT molecular complexity index is 627. The van der Waals surface area contributed by atoms with E-state index >= 15 is 0 Å². The largest absolute Gasteiger partial charge is 0.373 e. The molecule has 0 aliphatic carbocycles. The van der Waals surface area contributed by atoms with Crippen LogP contribution in [0.15, 0.2) is 30.3 Å². The quantitative estimate of drug-likeness (QED) is 0.820. The molecule has 3 unspecified atom stereocenters. The normalized spacial score (nSPS) is 26.1. The van der Waals surface area contributed by atoms with Crippen LogP contribution in [0.2, 0.25) is 0 Å². The van der Waals surface area contributed by atoms with Crippen molar-refractivity contribution in [2.75, 3.05) is 32.7 Å². The second-order valence-corrected chi connectivity index (χ2v) is 7.80. The lowest BCUT2D eigenvalue weighted by molar-refractivity contribution is -0.134. The fourth-order valence-corrected chi connectivity index (χ4v) is 4.20. The van der Waals surface area contributed by atoms with E-state index in [1.165, 1.54) is 0 Å². The van der Waals surface area contributed by atoms with Gasteiger partial charge in [0.1, 0.15) is 0 Å². The molecule has 2 fully saturated rings. The predicted octanol–water partition coefficient (Wildman–Crippen LogP) is 1.45. The van der Waals surface area contributed by atoms with Gasteiger partial charge >= 0.3 is 0 Å². The molecule has 2 aliphatic rings. The molecule has 3 rings (SSSR count). The van der Waals surface area contributed by atoms with Crippen molar-refractivity contribution in [2.45, 2.75) is 51.4 Å². The maximum absolute atomic E-state index is 12.7. The smallest absolute Gasteiger partial charge is 0.242 e. The Balaban J connectivity index is 1.46. The van der Waals surface area contributed by atoms with Crippen molar-refractivity contribution in [1.29, 1.82) is 0 Å². The van der Waals surface area contributed by atoms with Crippen molar-refractivity contribution in [3.8, 4) is 0 Å². The molecule has 6 heteroatoms. The summed E-state index contributed by atoms with van der Waals surface area (Å²) in [7, 11) is 0. The van der Waals surface area contributed by atoms with Crippen LogP contribution >= 0.6 is 0 Å². The maximum Gasteiger partial charge on any atom is 0.242 e. The van der Waals surface area contributed by atoms with Crippen LogP contribution in [0.25, 0.3) is 0 Å². The van der Waals surface area contributed by atoms with E-state index in [0.717, 1.165) is 44.6 Å². The van der Waals surface area contributed by atoms with Gasteiger partial charge in [0.25, 0.3) is 0 Å². The number of carbonyl (C=O) groups is 2. The van der Waals surface area contributed by atoms with Gasteiger partial charge in [0.15, 0.2) is 0 Å². The molecule has 0 aromatic heterocycles. The van der Waals surface area contributed by atoms with Gasteiger partial charge in [-0.2, -0.15) is 0 Å². The van der Waals surface area contributed by atoms with Crippen LogP contribution in [0, 0.1) is 0 Å². The average Bonchev–Trinajstić information content (AvgIpc) is 3.08. The highest BCUT2D eigenvalue weighted by Crippen LogP contribution is 2.20. The van der Waals surface area contributed by atoms with E-state index in [4.69, 9.17) is 4.74 Å². The molecule has 1 N–H and O–H groups in total. The van der Waals surface area contributed by atoms with Crippen LogP contribution in [0.1, 0.15) is 32.3 Å². The van der Waals surface area contributed by atoms with Crippen LogP contribution in [0.3, 0.4) is 0 Å². The number of amides is 2. The lowest BCUT2D eigenvalue weighted by atomic mass is 10.1. The van der Waals surface area contributed by atoms with Crippen molar-refractivity contribution in [3.63, 3.8) is 0 Å². The van der Waals surface area contributed by atoms with Gasteiger partial charge in [0.2, 0.25) is 11.8 Å². The van der Waals surface area contributed by atoms with Gasteiger partial charge in [0, 0.05) is 32.2 Å². The number of benzene rings is 1. The predicted molar refractivity (Wildman–Crippen MR) is 104 cm³/mol. The topological polar surface area (TPSA) is 61.9 Å². The molecule has 27 heavy (non-hydrogen) atoms. The van der Waals surface area contributed by atoms with Crippen molar-refractivity contribution in [3.05, 3.63) is 35.9 Å². The lowest BCUT2D eigenvalue weighted by Crippen LogP contribution is -2.52. The Morgan fingerprint density at radius 2 is 1.85 bits per heavy atom. The lowest BCUT2D eigenvalue weighted by Gasteiger charge is -2.38.